The molecule has 0 atom stereocenters. The number of hydrogen-bond acceptors (Lipinski definition) is 5. The van der Waals surface area contributed by atoms with Crippen molar-refractivity contribution in [3.63, 3.8) is 0 Å². The first-order chi connectivity index (χ1) is 15.9. The lowest BCUT2D eigenvalue weighted by atomic mass is 9.86. The normalized spacial score (nSPS) is 14.5. The molecule has 0 radical (unpaired) electrons. The molecular weight excluding hydrogens is 452 g/mol. The highest BCUT2D eigenvalue weighted by Crippen LogP contribution is 2.37. The third-order valence-electron chi connectivity index (χ3n) is 5.58. The number of aromatic hydroxyl groups is 1. The Kier molecular flexibility index (Phi) is 8.99. The predicted molar refractivity (Wildman–Crippen MR) is 139 cm³/mol. The van der Waals surface area contributed by atoms with Crippen LogP contribution in [0.3, 0.4) is 0 Å². The molecule has 2 rings (SSSR count). The van der Waals surface area contributed by atoms with Crippen molar-refractivity contribution in [3.8, 4) is 5.75 Å². The van der Waals surface area contributed by atoms with Crippen molar-refractivity contribution in [2.24, 2.45) is 5.73 Å². The van der Waals surface area contributed by atoms with Crippen LogP contribution in [0.15, 0.2) is 59.9 Å². The van der Waals surface area contributed by atoms with Crippen LogP contribution >= 0.6 is 11.6 Å². The Morgan fingerprint density at radius 1 is 1.29 bits per heavy atom. The zero-order valence-electron chi connectivity index (χ0n) is 20.5. The van der Waals surface area contributed by atoms with Crippen molar-refractivity contribution in [1.82, 2.24) is 10.2 Å². The summed E-state index contributed by atoms with van der Waals surface area (Å²) in [5.41, 5.74) is 9.14. The summed E-state index contributed by atoms with van der Waals surface area (Å²) in [5, 5.41) is 17.1. The van der Waals surface area contributed by atoms with E-state index in [0.29, 0.717) is 35.9 Å². The third-order valence-corrected chi connectivity index (χ3v) is 5.89. The van der Waals surface area contributed by atoms with Gasteiger partial charge in [0.1, 0.15) is 5.75 Å². The van der Waals surface area contributed by atoms with Gasteiger partial charge in [-0.25, -0.2) is 0 Å². The van der Waals surface area contributed by atoms with Gasteiger partial charge in [-0.1, -0.05) is 44.5 Å². The number of nitrogens with two attached hydrogens (primary N) is 1. The maximum Gasteiger partial charge on any atom is 0.251 e. The second-order valence-electron chi connectivity index (χ2n) is 9.55. The van der Waals surface area contributed by atoms with Crippen molar-refractivity contribution in [2.75, 3.05) is 25.0 Å². The Morgan fingerprint density at radius 3 is 2.47 bits per heavy atom. The predicted octanol–water partition coefficient (Wildman–Crippen LogP) is 4.00. The van der Waals surface area contributed by atoms with E-state index in [9.17, 15) is 14.7 Å². The summed E-state index contributed by atoms with van der Waals surface area (Å²) in [4.78, 5) is 26.1. The summed E-state index contributed by atoms with van der Waals surface area (Å²) in [6, 6.07) is 3.27. The minimum Gasteiger partial charge on any atom is -0.506 e. The Morgan fingerprint density at radius 2 is 1.94 bits per heavy atom. The van der Waals surface area contributed by atoms with Crippen LogP contribution < -0.4 is 16.4 Å². The van der Waals surface area contributed by atoms with E-state index < -0.39 is 0 Å². The molecule has 1 saturated heterocycles. The number of amides is 2. The number of nitrogens with zero attached hydrogens (tertiary/aromatic N) is 1. The number of allylic oxidation sites excluding steroid dienone is 1. The first-order valence-electron chi connectivity index (χ1n) is 11.1. The number of likely N-dealkylation sites (tertiary alicyclic amines) is 1. The molecule has 8 heteroatoms. The number of phenolic OH excluding ortho intramolecular Hbond substituents is 1. The monoisotopic (exact) mass is 486 g/mol. The molecule has 5 N–H and O–H groups in total. The van der Waals surface area contributed by atoms with Crippen LogP contribution in [0.2, 0.25) is 5.02 Å². The molecule has 2 amide bonds. The van der Waals surface area contributed by atoms with Gasteiger partial charge < -0.3 is 26.4 Å². The van der Waals surface area contributed by atoms with E-state index >= 15 is 0 Å². The Hall–Kier alpha value is -3.19. The zero-order valence-corrected chi connectivity index (χ0v) is 21.3. The number of halogens is 1. The van der Waals surface area contributed by atoms with Gasteiger partial charge in [0, 0.05) is 36.3 Å². The van der Waals surface area contributed by atoms with Crippen molar-refractivity contribution < 1.29 is 14.7 Å². The first-order valence-corrected chi connectivity index (χ1v) is 11.5. The van der Waals surface area contributed by atoms with E-state index in [1.807, 2.05) is 19.9 Å². The van der Waals surface area contributed by atoms with Gasteiger partial charge in [-0.05, 0) is 60.9 Å². The van der Waals surface area contributed by atoms with Crippen molar-refractivity contribution >= 4 is 29.1 Å². The van der Waals surface area contributed by atoms with Gasteiger partial charge in [0.15, 0.2) is 0 Å². The zero-order chi connectivity index (χ0) is 25.6. The number of benzene rings is 1. The molecule has 0 saturated carbocycles. The molecule has 0 aliphatic carbocycles. The molecule has 34 heavy (non-hydrogen) atoms. The van der Waals surface area contributed by atoms with Gasteiger partial charge in [-0.2, -0.15) is 0 Å². The van der Waals surface area contributed by atoms with Gasteiger partial charge in [-0.3, -0.25) is 9.59 Å². The summed E-state index contributed by atoms with van der Waals surface area (Å²) in [5.74, 6) is -0.375. The fourth-order valence-corrected chi connectivity index (χ4v) is 3.91. The Bertz CT molecular complexity index is 1040. The Labute approximate surface area is 207 Å². The average Bonchev–Trinajstić information content (AvgIpc) is 2.71. The van der Waals surface area contributed by atoms with Crippen molar-refractivity contribution in [1.29, 1.82) is 0 Å². The molecule has 1 aliphatic rings. The molecule has 1 aromatic rings. The number of rotatable bonds is 8. The molecule has 7 nitrogen and oxygen atoms in total. The maximum atomic E-state index is 12.9. The highest BCUT2D eigenvalue weighted by molar-refractivity contribution is 6.31. The number of hydrogen-bond donors (Lipinski definition) is 4. The van der Waals surface area contributed by atoms with E-state index in [4.69, 9.17) is 17.3 Å². The van der Waals surface area contributed by atoms with Gasteiger partial charge in [-0.15, -0.1) is 0 Å². The van der Waals surface area contributed by atoms with Crippen LogP contribution in [-0.4, -0.2) is 47.5 Å². The number of carbonyl (C=O) groups is 2. The molecule has 0 spiro atoms. The topological polar surface area (TPSA) is 108 Å². The van der Waals surface area contributed by atoms with E-state index in [-0.39, 0.29) is 29.0 Å². The highest BCUT2D eigenvalue weighted by Gasteiger charge is 2.30. The second-order valence-corrected chi connectivity index (χ2v) is 9.96. The Balaban J connectivity index is 2.18. The lowest BCUT2D eigenvalue weighted by molar-refractivity contribution is -0.132. The lowest BCUT2D eigenvalue weighted by Gasteiger charge is -2.39. The molecule has 184 valence electrons. The summed E-state index contributed by atoms with van der Waals surface area (Å²) in [6.07, 6.45) is 5.89. The summed E-state index contributed by atoms with van der Waals surface area (Å²) >= 11 is 6.33. The lowest BCUT2D eigenvalue weighted by Crippen LogP contribution is -2.60. The minimum absolute atomic E-state index is 0.0542. The van der Waals surface area contributed by atoms with Crippen LogP contribution in [0, 0.1) is 0 Å². The fraction of sp³-hybridized carbons (Fsp3) is 0.385. The van der Waals surface area contributed by atoms with Gasteiger partial charge in [0.25, 0.3) is 5.91 Å². The second kappa shape index (κ2) is 11.3. The number of anilines is 1. The third kappa shape index (κ3) is 6.90. The van der Waals surface area contributed by atoms with Crippen molar-refractivity contribution in [3.05, 3.63) is 70.4 Å². The van der Waals surface area contributed by atoms with Gasteiger partial charge >= 0.3 is 0 Å². The molecule has 0 bridgehead atoms. The number of carbonyl (C=O) groups excluding carboxylic acids is 2. The summed E-state index contributed by atoms with van der Waals surface area (Å²) < 4.78 is 0. The van der Waals surface area contributed by atoms with Crippen molar-refractivity contribution in [2.45, 2.75) is 46.1 Å². The van der Waals surface area contributed by atoms with E-state index in [0.717, 1.165) is 16.7 Å². The number of phenols is 1. The molecule has 1 fully saturated rings. The minimum atomic E-state index is -0.277. The van der Waals surface area contributed by atoms with E-state index in [2.05, 4.69) is 38.0 Å². The van der Waals surface area contributed by atoms with Gasteiger partial charge in [0.2, 0.25) is 5.91 Å². The molecule has 1 heterocycles. The van der Waals surface area contributed by atoms with E-state index in [1.165, 1.54) is 18.3 Å². The average molecular weight is 487 g/mol. The molecule has 1 aliphatic heterocycles. The smallest absolute Gasteiger partial charge is 0.251 e. The van der Waals surface area contributed by atoms with Crippen LogP contribution in [0.25, 0.3) is 0 Å². The molecule has 1 aromatic carbocycles. The SMILES string of the molecule is C=CC(=O)N1CC(NC(=O)C(/C=C\N)=C/C(CNc2cc(C(C)(C)C)c(Cl)cc2O)=C(C)C)C1. The highest BCUT2D eigenvalue weighted by atomic mass is 35.5. The molecule has 0 unspecified atom stereocenters. The summed E-state index contributed by atoms with van der Waals surface area (Å²) in [6.45, 7) is 14.8. The quantitative estimate of drug-likeness (QED) is 0.252. The van der Waals surface area contributed by atoms with Crippen LogP contribution in [0.4, 0.5) is 5.69 Å². The maximum absolute atomic E-state index is 12.9. The van der Waals surface area contributed by atoms with E-state index in [1.54, 1.807) is 17.1 Å². The standard InChI is InChI=1S/C26H35ClN4O3/c1-7-24(33)31-14-19(15-31)30-25(34)17(8-9-28)10-18(16(2)3)13-29-22-11-20(26(4,5)6)21(27)12-23(22)32/h7-12,19,29,32H,1,13-15,28H2,2-6H3,(H,30,34)/b9-8-,17-10+. The molecular formula is C26H35ClN4O3. The largest absolute Gasteiger partial charge is 0.506 e. The summed E-state index contributed by atoms with van der Waals surface area (Å²) in [7, 11) is 0. The van der Waals surface area contributed by atoms with Crippen LogP contribution in [0.5, 0.6) is 5.75 Å². The number of nitrogens with one attached hydrogen (secondary N) is 2. The van der Waals surface area contributed by atoms with Gasteiger partial charge in [0.05, 0.1) is 11.7 Å². The molecule has 0 aromatic heterocycles. The fourth-order valence-electron chi connectivity index (χ4n) is 3.47. The van der Waals surface area contributed by atoms with Crippen LogP contribution in [0.1, 0.15) is 40.2 Å². The van der Waals surface area contributed by atoms with Crippen LogP contribution in [-0.2, 0) is 15.0 Å². The first kappa shape index (κ1) is 27.1.